The van der Waals surface area contributed by atoms with E-state index in [1.807, 2.05) is 12.2 Å². The third-order valence-corrected chi connectivity index (χ3v) is 5.64. The van der Waals surface area contributed by atoms with Crippen molar-refractivity contribution < 1.29 is 29.3 Å². The number of aliphatic hydroxyl groups excluding tert-OH is 2. The Balaban J connectivity index is 3.66. The van der Waals surface area contributed by atoms with Gasteiger partial charge in [0.25, 0.3) is 0 Å². The van der Waals surface area contributed by atoms with E-state index in [9.17, 15) is 19.8 Å². The Bertz CT molecular complexity index is 665. The highest BCUT2D eigenvalue weighted by Crippen LogP contribution is 2.06. The normalized spacial score (nSPS) is 13.7. The SMILES string of the molecule is CCCCCCCC(=O)OC[C@@H](O)COC(=O)CCC/C=C\C/C=C\C/C=C\C/C=C\[C@@H](O)CCCC. The molecule has 37 heavy (non-hydrogen) atoms. The number of esters is 2. The monoisotopic (exact) mass is 520 g/mol. The predicted molar refractivity (Wildman–Crippen MR) is 151 cm³/mol. The second-order valence-electron chi connectivity index (χ2n) is 9.34. The summed E-state index contributed by atoms with van der Waals surface area (Å²) >= 11 is 0. The van der Waals surface area contributed by atoms with Gasteiger partial charge in [0.15, 0.2) is 0 Å². The number of hydrogen-bond acceptors (Lipinski definition) is 6. The number of hydrogen-bond donors (Lipinski definition) is 2. The van der Waals surface area contributed by atoms with Gasteiger partial charge in [-0.15, -0.1) is 0 Å². The molecule has 0 fully saturated rings. The van der Waals surface area contributed by atoms with Gasteiger partial charge in [0.05, 0.1) is 6.10 Å². The quantitative estimate of drug-likeness (QED) is 0.0816. The number of rotatable bonds is 24. The van der Waals surface area contributed by atoms with Crippen molar-refractivity contribution in [1.29, 1.82) is 0 Å². The Kier molecular flexibility index (Phi) is 25.3. The summed E-state index contributed by atoms with van der Waals surface area (Å²) in [4.78, 5) is 23.4. The van der Waals surface area contributed by atoms with Gasteiger partial charge in [-0.05, 0) is 44.9 Å². The molecule has 0 aromatic rings. The fourth-order valence-corrected chi connectivity index (χ4v) is 3.39. The highest BCUT2D eigenvalue weighted by molar-refractivity contribution is 5.69. The van der Waals surface area contributed by atoms with Gasteiger partial charge in [-0.3, -0.25) is 9.59 Å². The van der Waals surface area contributed by atoms with Crippen LogP contribution in [0.2, 0.25) is 0 Å². The highest BCUT2D eigenvalue weighted by Gasteiger charge is 2.11. The van der Waals surface area contributed by atoms with Crippen molar-refractivity contribution in [1.82, 2.24) is 0 Å². The first-order valence-corrected chi connectivity index (χ1v) is 14.3. The zero-order valence-corrected chi connectivity index (χ0v) is 23.3. The molecular formula is C31H52O6. The van der Waals surface area contributed by atoms with E-state index >= 15 is 0 Å². The number of ether oxygens (including phenoxy) is 2. The van der Waals surface area contributed by atoms with E-state index in [1.54, 1.807) is 0 Å². The fourth-order valence-electron chi connectivity index (χ4n) is 3.39. The number of carbonyl (C=O) groups is 2. The molecule has 0 saturated heterocycles. The summed E-state index contributed by atoms with van der Waals surface area (Å²) in [6.45, 7) is 3.96. The molecule has 0 rings (SSSR count). The predicted octanol–water partition coefficient (Wildman–Crippen LogP) is 6.91. The molecule has 0 aromatic carbocycles. The Morgan fingerprint density at radius 2 is 1.16 bits per heavy atom. The standard InChI is InChI=1S/C31H52O6/c1-3-5-7-16-20-24-30(34)36-26-29(33)27-37-31(35)25-21-18-15-13-11-9-8-10-12-14-17-19-23-28(32)22-6-4-2/h8-9,12-15,19,23,28-29,32-33H,3-7,10-11,16-18,20-22,24-27H2,1-2H3/b9-8-,14-12-,15-13-,23-19-/t28-,29+/m0/s1. The maximum Gasteiger partial charge on any atom is 0.305 e. The zero-order valence-electron chi connectivity index (χ0n) is 23.3. The zero-order chi connectivity index (χ0) is 27.4. The summed E-state index contributed by atoms with van der Waals surface area (Å²) in [5.41, 5.74) is 0. The third kappa shape index (κ3) is 26.7. The average Bonchev–Trinajstić information content (AvgIpc) is 2.89. The average molecular weight is 521 g/mol. The van der Waals surface area contributed by atoms with Crippen molar-refractivity contribution in [2.24, 2.45) is 0 Å². The summed E-state index contributed by atoms with van der Waals surface area (Å²) in [6.07, 6.45) is 28.1. The lowest BCUT2D eigenvalue weighted by Crippen LogP contribution is -2.25. The smallest absolute Gasteiger partial charge is 0.305 e. The Morgan fingerprint density at radius 3 is 1.76 bits per heavy atom. The topological polar surface area (TPSA) is 93.1 Å². The maximum absolute atomic E-state index is 11.8. The van der Waals surface area contributed by atoms with E-state index < -0.39 is 6.10 Å². The summed E-state index contributed by atoms with van der Waals surface area (Å²) < 4.78 is 10.1. The molecule has 2 N–H and O–H groups in total. The molecule has 0 radical (unpaired) electrons. The van der Waals surface area contributed by atoms with Gasteiger partial charge in [0, 0.05) is 12.8 Å². The van der Waals surface area contributed by atoms with E-state index in [2.05, 4.69) is 50.3 Å². The highest BCUT2D eigenvalue weighted by atomic mass is 16.6. The van der Waals surface area contributed by atoms with Crippen LogP contribution in [0.3, 0.4) is 0 Å². The van der Waals surface area contributed by atoms with Gasteiger partial charge in [0.2, 0.25) is 0 Å². The van der Waals surface area contributed by atoms with Crippen LogP contribution in [-0.4, -0.2) is 47.6 Å². The molecule has 0 heterocycles. The van der Waals surface area contributed by atoms with Gasteiger partial charge in [-0.2, -0.15) is 0 Å². The lowest BCUT2D eigenvalue weighted by Gasteiger charge is -2.12. The van der Waals surface area contributed by atoms with Crippen LogP contribution in [0.4, 0.5) is 0 Å². The molecule has 0 aliphatic carbocycles. The number of allylic oxidation sites excluding steroid dienone is 7. The fraction of sp³-hybridized carbons (Fsp3) is 0.677. The van der Waals surface area contributed by atoms with Crippen LogP contribution >= 0.6 is 0 Å². The van der Waals surface area contributed by atoms with Crippen molar-refractivity contribution in [3.8, 4) is 0 Å². The second kappa shape index (κ2) is 26.9. The number of carbonyl (C=O) groups excluding carboxylic acids is 2. The lowest BCUT2D eigenvalue weighted by molar-refractivity contribution is -0.152. The molecule has 6 nitrogen and oxygen atoms in total. The Labute approximate surface area is 225 Å². The van der Waals surface area contributed by atoms with Crippen LogP contribution in [0.5, 0.6) is 0 Å². The molecule has 212 valence electrons. The van der Waals surface area contributed by atoms with Crippen molar-refractivity contribution in [2.75, 3.05) is 13.2 Å². The van der Waals surface area contributed by atoms with Gasteiger partial charge < -0.3 is 19.7 Å². The van der Waals surface area contributed by atoms with Crippen molar-refractivity contribution in [3.63, 3.8) is 0 Å². The lowest BCUT2D eigenvalue weighted by atomic mass is 10.1. The summed E-state index contributed by atoms with van der Waals surface area (Å²) in [7, 11) is 0. The molecule has 0 amide bonds. The molecule has 0 aromatic heterocycles. The van der Waals surface area contributed by atoms with Gasteiger partial charge >= 0.3 is 11.9 Å². The first-order valence-electron chi connectivity index (χ1n) is 14.3. The van der Waals surface area contributed by atoms with Crippen LogP contribution in [-0.2, 0) is 19.1 Å². The summed E-state index contributed by atoms with van der Waals surface area (Å²) in [5, 5.41) is 19.6. The molecular weight excluding hydrogens is 468 g/mol. The summed E-state index contributed by atoms with van der Waals surface area (Å²) in [5.74, 6) is -0.672. The van der Waals surface area contributed by atoms with Crippen LogP contribution in [0, 0.1) is 0 Å². The Morgan fingerprint density at radius 1 is 0.649 bits per heavy atom. The van der Waals surface area contributed by atoms with E-state index in [1.165, 1.54) is 6.42 Å². The van der Waals surface area contributed by atoms with Crippen LogP contribution in [0.1, 0.15) is 110 Å². The van der Waals surface area contributed by atoms with E-state index in [0.717, 1.165) is 70.6 Å². The maximum atomic E-state index is 11.8. The van der Waals surface area contributed by atoms with Crippen LogP contribution < -0.4 is 0 Å². The number of unbranched alkanes of at least 4 members (excludes halogenated alkanes) is 6. The Hall–Kier alpha value is -2.18. The van der Waals surface area contributed by atoms with Gasteiger partial charge in [0.1, 0.15) is 19.3 Å². The van der Waals surface area contributed by atoms with E-state index in [4.69, 9.17) is 9.47 Å². The first kappa shape index (κ1) is 34.8. The van der Waals surface area contributed by atoms with Crippen LogP contribution in [0.25, 0.3) is 0 Å². The third-order valence-electron chi connectivity index (χ3n) is 5.64. The molecule has 0 saturated carbocycles. The largest absolute Gasteiger partial charge is 0.463 e. The molecule has 2 atom stereocenters. The minimum Gasteiger partial charge on any atom is -0.463 e. The molecule has 0 aliphatic heterocycles. The molecule has 6 heteroatoms. The summed E-state index contributed by atoms with van der Waals surface area (Å²) in [6, 6.07) is 0. The second-order valence-corrected chi connectivity index (χ2v) is 9.34. The number of aliphatic hydroxyl groups is 2. The van der Waals surface area contributed by atoms with Gasteiger partial charge in [-0.25, -0.2) is 0 Å². The molecule has 0 bridgehead atoms. The first-order chi connectivity index (χ1) is 18.0. The van der Waals surface area contributed by atoms with Crippen LogP contribution in [0.15, 0.2) is 48.6 Å². The van der Waals surface area contributed by atoms with E-state index in [-0.39, 0.29) is 31.3 Å². The van der Waals surface area contributed by atoms with E-state index in [0.29, 0.717) is 19.3 Å². The molecule has 0 aliphatic rings. The van der Waals surface area contributed by atoms with Crippen molar-refractivity contribution >= 4 is 11.9 Å². The molecule has 0 unspecified atom stereocenters. The molecule has 0 spiro atoms. The minimum absolute atomic E-state index is 0.145. The minimum atomic E-state index is -0.991. The van der Waals surface area contributed by atoms with Crippen molar-refractivity contribution in [3.05, 3.63) is 48.6 Å². The van der Waals surface area contributed by atoms with Crippen molar-refractivity contribution in [2.45, 2.75) is 122 Å². The van der Waals surface area contributed by atoms with Gasteiger partial charge in [-0.1, -0.05) is 101 Å².